The van der Waals surface area contributed by atoms with E-state index in [0.717, 1.165) is 36.5 Å². The van der Waals surface area contributed by atoms with Crippen molar-refractivity contribution in [2.24, 2.45) is 5.73 Å². The molecule has 2 aromatic heterocycles. The van der Waals surface area contributed by atoms with Crippen LogP contribution in [0, 0.1) is 0 Å². The summed E-state index contributed by atoms with van der Waals surface area (Å²) < 4.78 is 1.92. The van der Waals surface area contributed by atoms with Crippen molar-refractivity contribution in [3.8, 4) is 0 Å². The Morgan fingerprint density at radius 2 is 2.15 bits per heavy atom. The molecule has 0 unspecified atom stereocenters. The maximum Gasteiger partial charge on any atom is 0.154 e. The van der Waals surface area contributed by atoms with Gasteiger partial charge in [-0.15, -0.1) is 0 Å². The molecular formula is C15H25N5. The van der Waals surface area contributed by atoms with Gasteiger partial charge in [0.25, 0.3) is 0 Å². The van der Waals surface area contributed by atoms with E-state index in [1.807, 2.05) is 16.9 Å². The summed E-state index contributed by atoms with van der Waals surface area (Å²) in [5, 5.41) is 4.61. The quantitative estimate of drug-likeness (QED) is 0.843. The summed E-state index contributed by atoms with van der Waals surface area (Å²) in [6.07, 6.45) is 6.04. The van der Waals surface area contributed by atoms with Crippen molar-refractivity contribution in [2.45, 2.75) is 39.5 Å². The van der Waals surface area contributed by atoms with Gasteiger partial charge in [-0.3, -0.25) is 0 Å². The van der Waals surface area contributed by atoms with E-state index in [-0.39, 0.29) is 0 Å². The van der Waals surface area contributed by atoms with E-state index in [1.54, 1.807) is 0 Å². The number of unbranched alkanes of at least 4 members (excludes halogenated alkanes) is 1. The smallest absolute Gasteiger partial charge is 0.154 e. The van der Waals surface area contributed by atoms with Crippen LogP contribution in [0.1, 0.15) is 45.2 Å². The van der Waals surface area contributed by atoms with E-state index in [1.165, 1.54) is 6.42 Å². The van der Waals surface area contributed by atoms with Crippen molar-refractivity contribution in [1.29, 1.82) is 0 Å². The number of anilines is 1. The number of fused-ring (bicyclic) bond motifs is 1. The summed E-state index contributed by atoms with van der Waals surface area (Å²) in [6, 6.07) is 2.14. The zero-order valence-corrected chi connectivity index (χ0v) is 12.7. The minimum absolute atomic E-state index is 0.418. The minimum atomic E-state index is 0.418. The maximum absolute atomic E-state index is 5.74. The van der Waals surface area contributed by atoms with Crippen LogP contribution in [0.2, 0.25) is 0 Å². The third-order valence-corrected chi connectivity index (χ3v) is 3.46. The van der Waals surface area contributed by atoms with Crippen molar-refractivity contribution >= 4 is 11.3 Å². The highest BCUT2D eigenvalue weighted by atomic mass is 15.3. The third-order valence-electron chi connectivity index (χ3n) is 3.46. The first-order valence-electron chi connectivity index (χ1n) is 7.46. The monoisotopic (exact) mass is 275 g/mol. The highest BCUT2D eigenvalue weighted by Crippen LogP contribution is 2.22. The highest BCUT2D eigenvalue weighted by Gasteiger charge is 2.14. The van der Waals surface area contributed by atoms with Gasteiger partial charge in [0.2, 0.25) is 0 Å². The lowest BCUT2D eigenvalue weighted by Gasteiger charge is -2.23. The zero-order valence-electron chi connectivity index (χ0n) is 12.7. The second-order valence-corrected chi connectivity index (χ2v) is 5.43. The van der Waals surface area contributed by atoms with Crippen LogP contribution >= 0.6 is 0 Å². The van der Waals surface area contributed by atoms with Crippen LogP contribution in [0.15, 0.2) is 18.5 Å². The summed E-state index contributed by atoms with van der Waals surface area (Å²) in [7, 11) is 0. The molecule has 5 nitrogen and oxygen atoms in total. The summed E-state index contributed by atoms with van der Waals surface area (Å²) in [5.41, 5.74) is 7.91. The number of nitrogens with zero attached hydrogens (tertiary/aromatic N) is 4. The van der Waals surface area contributed by atoms with Crippen LogP contribution < -0.4 is 10.6 Å². The Bertz CT molecular complexity index is 546. The lowest BCUT2D eigenvalue weighted by Crippen LogP contribution is -2.31. The van der Waals surface area contributed by atoms with Crippen LogP contribution in [0.25, 0.3) is 5.52 Å². The molecule has 0 atom stereocenters. The van der Waals surface area contributed by atoms with Gasteiger partial charge in [-0.1, -0.05) is 27.2 Å². The standard InChI is InChI=1S/C15H25N5/c1-4-5-8-19(9-6-16)15-14-11-13(12(2)3)18-20(14)10-7-17-15/h7,10-12H,4-6,8-9,16H2,1-3H3. The van der Waals surface area contributed by atoms with E-state index in [4.69, 9.17) is 5.73 Å². The van der Waals surface area contributed by atoms with Gasteiger partial charge in [0.05, 0.1) is 5.69 Å². The molecule has 20 heavy (non-hydrogen) atoms. The molecule has 0 saturated heterocycles. The Hall–Kier alpha value is -1.62. The molecule has 110 valence electrons. The van der Waals surface area contributed by atoms with Crippen molar-refractivity contribution in [2.75, 3.05) is 24.5 Å². The molecule has 0 aliphatic carbocycles. The fourth-order valence-electron chi connectivity index (χ4n) is 2.28. The average molecular weight is 275 g/mol. The Morgan fingerprint density at radius 1 is 1.35 bits per heavy atom. The molecule has 0 fully saturated rings. The molecule has 0 amide bonds. The SMILES string of the molecule is CCCCN(CCN)c1nccn2nc(C(C)C)cc12. The Kier molecular flexibility index (Phi) is 4.95. The molecule has 0 aliphatic rings. The molecule has 2 N–H and O–H groups in total. The summed E-state index contributed by atoms with van der Waals surface area (Å²) in [6.45, 7) is 8.96. The summed E-state index contributed by atoms with van der Waals surface area (Å²) >= 11 is 0. The van der Waals surface area contributed by atoms with Gasteiger partial charge in [0.1, 0.15) is 5.52 Å². The van der Waals surface area contributed by atoms with E-state index in [2.05, 4.69) is 41.8 Å². The molecule has 2 aromatic rings. The van der Waals surface area contributed by atoms with E-state index in [0.29, 0.717) is 12.5 Å². The fraction of sp³-hybridized carbons (Fsp3) is 0.600. The Balaban J connectivity index is 2.39. The van der Waals surface area contributed by atoms with Crippen molar-refractivity contribution in [3.05, 3.63) is 24.2 Å². The lowest BCUT2D eigenvalue weighted by molar-refractivity contribution is 0.706. The number of aromatic nitrogens is 3. The van der Waals surface area contributed by atoms with Gasteiger partial charge < -0.3 is 10.6 Å². The molecule has 0 spiro atoms. The molecule has 0 saturated carbocycles. The van der Waals surface area contributed by atoms with Crippen molar-refractivity contribution < 1.29 is 0 Å². The predicted molar refractivity (Wildman–Crippen MR) is 83.3 cm³/mol. The minimum Gasteiger partial charge on any atom is -0.354 e. The average Bonchev–Trinajstić information content (AvgIpc) is 2.87. The molecule has 0 radical (unpaired) electrons. The molecule has 5 heteroatoms. The first-order chi connectivity index (χ1) is 9.67. The topological polar surface area (TPSA) is 59.5 Å². The van der Waals surface area contributed by atoms with E-state index in [9.17, 15) is 0 Å². The molecule has 2 heterocycles. The van der Waals surface area contributed by atoms with Gasteiger partial charge in [-0.05, 0) is 18.4 Å². The van der Waals surface area contributed by atoms with E-state index >= 15 is 0 Å². The second kappa shape index (κ2) is 6.70. The van der Waals surface area contributed by atoms with Crippen LogP contribution in [-0.4, -0.2) is 34.2 Å². The van der Waals surface area contributed by atoms with Crippen LogP contribution in [0.5, 0.6) is 0 Å². The first-order valence-corrected chi connectivity index (χ1v) is 7.46. The molecule has 0 aliphatic heterocycles. The first kappa shape index (κ1) is 14.8. The van der Waals surface area contributed by atoms with Gasteiger partial charge in [0.15, 0.2) is 5.82 Å². The van der Waals surface area contributed by atoms with Gasteiger partial charge >= 0.3 is 0 Å². The lowest BCUT2D eigenvalue weighted by atomic mass is 10.1. The second-order valence-electron chi connectivity index (χ2n) is 5.43. The van der Waals surface area contributed by atoms with Crippen LogP contribution in [-0.2, 0) is 0 Å². The molecule has 0 aromatic carbocycles. The predicted octanol–water partition coefficient (Wildman–Crippen LogP) is 2.42. The zero-order chi connectivity index (χ0) is 14.5. The van der Waals surface area contributed by atoms with Gasteiger partial charge in [0, 0.05) is 32.0 Å². The number of nitrogens with two attached hydrogens (primary N) is 1. The van der Waals surface area contributed by atoms with Gasteiger partial charge in [-0.25, -0.2) is 9.50 Å². The Labute approximate surface area is 120 Å². The number of hydrogen-bond donors (Lipinski definition) is 1. The molecule has 2 rings (SSSR count). The largest absolute Gasteiger partial charge is 0.354 e. The van der Waals surface area contributed by atoms with Crippen LogP contribution in [0.4, 0.5) is 5.82 Å². The van der Waals surface area contributed by atoms with Gasteiger partial charge in [-0.2, -0.15) is 5.10 Å². The fourth-order valence-corrected chi connectivity index (χ4v) is 2.28. The van der Waals surface area contributed by atoms with Crippen molar-refractivity contribution in [3.63, 3.8) is 0 Å². The summed E-state index contributed by atoms with van der Waals surface area (Å²) in [5.74, 6) is 1.41. The normalized spacial score (nSPS) is 11.4. The Morgan fingerprint density at radius 3 is 2.80 bits per heavy atom. The summed E-state index contributed by atoms with van der Waals surface area (Å²) in [4.78, 5) is 6.83. The van der Waals surface area contributed by atoms with E-state index < -0.39 is 0 Å². The third kappa shape index (κ3) is 3.10. The molecular weight excluding hydrogens is 250 g/mol. The maximum atomic E-state index is 5.74. The van der Waals surface area contributed by atoms with Crippen molar-refractivity contribution in [1.82, 2.24) is 14.6 Å². The molecule has 0 bridgehead atoms. The number of rotatable bonds is 7. The highest BCUT2D eigenvalue weighted by molar-refractivity contribution is 5.69. The number of hydrogen-bond acceptors (Lipinski definition) is 4. The van der Waals surface area contributed by atoms with Crippen LogP contribution in [0.3, 0.4) is 0 Å².